The molecule has 0 atom stereocenters. The molecule has 0 aliphatic rings. The predicted octanol–water partition coefficient (Wildman–Crippen LogP) is 4.85. The van der Waals surface area contributed by atoms with Gasteiger partial charge in [-0.15, -0.1) is 10.2 Å². The molecular formula is C27H27N5O2S. The van der Waals surface area contributed by atoms with Crippen molar-refractivity contribution in [2.45, 2.75) is 32.5 Å². The fourth-order valence-electron chi connectivity index (χ4n) is 3.57. The Morgan fingerprint density at radius 3 is 2.43 bits per heavy atom. The van der Waals surface area contributed by atoms with E-state index in [0.29, 0.717) is 16.5 Å². The van der Waals surface area contributed by atoms with Crippen LogP contribution in [0.3, 0.4) is 0 Å². The quantitative estimate of drug-likeness (QED) is 0.348. The molecule has 4 aromatic rings. The summed E-state index contributed by atoms with van der Waals surface area (Å²) in [7, 11) is 0. The van der Waals surface area contributed by atoms with Crippen LogP contribution in [0.4, 0.5) is 5.69 Å². The minimum absolute atomic E-state index is 0.124. The molecule has 178 valence electrons. The van der Waals surface area contributed by atoms with Gasteiger partial charge in [-0.05, 0) is 67.8 Å². The van der Waals surface area contributed by atoms with Crippen molar-refractivity contribution in [1.29, 1.82) is 0 Å². The van der Waals surface area contributed by atoms with Gasteiger partial charge in [-0.2, -0.15) is 0 Å². The zero-order valence-electron chi connectivity index (χ0n) is 19.9. The highest BCUT2D eigenvalue weighted by Gasteiger charge is 2.17. The number of thioether (sulfide) groups is 1. The molecule has 35 heavy (non-hydrogen) atoms. The second kappa shape index (κ2) is 11.0. The number of benzene rings is 3. The molecule has 1 aromatic heterocycles. The number of aryl methyl sites for hydroxylation is 3. The lowest BCUT2D eigenvalue weighted by Crippen LogP contribution is -2.24. The molecule has 4 rings (SSSR count). The zero-order valence-corrected chi connectivity index (χ0v) is 20.7. The molecule has 0 bridgehead atoms. The highest BCUT2D eigenvalue weighted by molar-refractivity contribution is 7.99. The van der Waals surface area contributed by atoms with E-state index in [-0.39, 0.29) is 24.1 Å². The Hall–Kier alpha value is -3.91. The zero-order chi connectivity index (χ0) is 24.8. The molecule has 2 N–H and O–H groups in total. The monoisotopic (exact) mass is 485 g/mol. The Morgan fingerprint density at radius 2 is 1.66 bits per heavy atom. The molecule has 0 aliphatic carbocycles. The van der Waals surface area contributed by atoms with Crippen LogP contribution in [0.5, 0.6) is 0 Å². The number of carbonyl (C=O) groups is 2. The van der Waals surface area contributed by atoms with E-state index in [4.69, 9.17) is 0 Å². The lowest BCUT2D eigenvalue weighted by atomic mass is 10.1. The van der Waals surface area contributed by atoms with Crippen LogP contribution in [0.1, 0.15) is 32.9 Å². The smallest absolute Gasteiger partial charge is 0.251 e. The summed E-state index contributed by atoms with van der Waals surface area (Å²) in [6, 6.07) is 22.9. The topological polar surface area (TPSA) is 88.9 Å². The summed E-state index contributed by atoms with van der Waals surface area (Å²) in [5.74, 6) is 0.443. The minimum Gasteiger partial charge on any atom is -0.345 e. The molecule has 0 saturated heterocycles. The number of hydrogen-bond acceptors (Lipinski definition) is 5. The number of nitrogens with zero attached hydrogens (tertiary/aromatic N) is 3. The van der Waals surface area contributed by atoms with Crippen molar-refractivity contribution < 1.29 is 9.59 Å². The van der Waals surface area contributed by atoms with E-state index in [1.54, 1.807) is 12.1 Å². The second-order valence-corrected chi connectivity index (χ2v) is 9.22. The first-order chi connectivity index (χ1) is 16.9. The average Bonchev–Trinajstić information content (AvgIpc) is 3.27. The van der Waals surface area contributed by atoms with Crippen molar-refractivity contribution in [2.75, 3.05) is 11.1 Å². The molecule has 8 heteroatoms. The summed E-state index contributed by atoms with van der Waals surface area (Å²) in [5, 5.41) is 15.1. The maximum atomic E-state index is 12.7. The van der Waals surface area contributed by atoms with Gasteiger partial charge in [0.05, 0.1) is 12.3 Å². The number of carbonyl (C=O) groups excluding carboxylic acids is 2. The highest BCUT2D eigenvalue weighted by Crippen LogP contribution is 2.24. The number of nitrogens with one attached hydrogen (secondary N) is 2. The van der Waals surface area contributed by atoms with Crippen LogP contribution < -0.4 is 10.6 Å². The third kappa shape index (κ3) is 6.16. The molecule has 1 heterocycles. The van der Waals surface area contributed by atoms with Crippen LogP contribution in [-0.2, 0) is 11.3 Å². The Kier molecular flexibility index (Phi) is 7.62. The van der Waals surface area contributed by atoms with Crippen LogP contribution in [0, 0.1) is 20.8 Å². The Labute approximate surface area is 209 Å². The summed E-state index contributed by atoms with van der Waals surface area (Å²) < 4.78 is 1.88. The number of rotatable bonds is 8. The van der Waals surface area contributed by atoms with E-state index in [1.807, 2.05) is 86.0 Å². The summed E-state index contributed by atoms with van der Waals surface area (Å²) >= 11 is 1.30. The molecular weight excluding hydrogens is 458 g/mol. The van der Waals surface area contributed by atoms with Gasteiger partial charge in [-0.25, -0.2) is 0 Å². The number of amides is 2. The number of aromatic nitrogens is 3. The lowest BCUT2D eigenvalue weighted by molar-refractivity contribution is -0.113. The molecule has 0 spiro atoms. The lowest BCUT2D eigenvalue weighted by Gasteiger charge is -2.12. The van der Waals surface area contributed by atoms with Gasteiger partial charge in [0, 0.05) is 16.9 Å². The van der Waals surface area contributed by atoms with Gasteiger partial charge in [-0.1, -0.05) is 54.2 Å². The van der Waals surface area contributed by atoms with Crippen LogP contribution in [0.2, 0.25) is 0 Å². The molecule has 0 aliphatic heterocycles. The normalized spacial score (nSPS) is 10.7. The molecule has 7 nitrogen and oxygen atoms in total. The summed E-state index contributed by atoms with van der Waals surface area (Å²) in [5.41, 5.74) is 5.43. The SMILES string of the molecule is Cc1cccc(-n2c(CNC(=O)c3ccccc3)nnc2SCC(=O)Nc2cc(C)ccc2C)c1. The van der Waals surface area contributed by atoms with Crippen molar-refractivity contribution in [2.24, 2.45) is 0 Å². The first kappa shape index (κ1) is 24.2. The summed E-state index contributed by atoms with van der Waals surface area (Å²) in [6.45, 7) is 6.16. The van der Waals surface area contributed by atoms with Crippen LogP contribution in [0.15, 0.2) is 78.0 Å². The van der Waals surface area contributed by atoms with Crippen LogP contribution in [-0.4, -0.2) is 32.3 Å². The minimum atomic E-state index is -0.188. The Morgan fingerprint density at radius 1 is 0.886 bits per heavy atom. The predicted molar refractivity (Wildman–Crippen MR) is 139 cm³/mol. The van der Waals surface area contributed by atoms with E-state index < -0.39 is 0 Å². The van der Waals surface area contributed by atoms with Gasteiger partial charge in [0.15, 0.2) is 11.0 Å². The summed E-state index contributed by atoms with van der Waals surface area (Å²) in [4.78, 5) is 25.2. The number of hydrogen-bond donors (Lipinski definition) is 2. The maximum Gasteiger partial charge on any atom is 0.251 e. The fourth-order valence-corrected chi connectivity index (χ4v) is 4.34. The third-order valence-electron chi connectivity index (χ3n) is 5.40. The Balaban J connectivity index is 1.51. The van der Waals surface area contributed by atoms with Gasteiger partial charge >= 0.3 is 0 Å². The third-order valence-corrected chi connectivity index (χ3v) is 6.33. The Bertz CT molecular complexity index is 1350. The van der Waals surface area contributed by atoms with E-state index in [0.717, 1.165) is 28.1 Å². The molecule has 0 saturated carbocycles. The van der Waals surface area contributed by atoms with Crippen molar-refractivity contribution in [3.05, 3.63) is 101 Å². The second-order valence-electron chi connectivity index (χ2n) is 8.28. The first-order valence-electron chi connectivity index (χ1n) is 11.2. The number of anilines is 1. The largest absolute Gasteiger partial charge is 0.345 e. The molecule has 0 fully saturated rings. The van der Waals surface area contributed by atoms with Gasteiger partial charge in [0.2, 0.25) is 5.91 Å². The van der Waals surface area contributed by atoms with Crippen LogP contribution >= 0.6 is 11.8 Å². The van der Waals surface area contributed by atoms with E-state index in [2.05, 4.69) is 20.8 Å². The first-order valence-corrected chi connectivity index (χ1v) is 12.2. The van der Waals surface area contributed by atoms with Gasteiger partial charge in [-0.3, -0.25) is 14.2 Å². The van der Waals surface area contributed by atoms with Crippen molar-refractivity contribution in [1.82, 2.24) is 20.1 Å². The summed E-state index contributed by atoms with van der Waals surface area (Å²) in [6.07, 6.45) is 0. The molecule has 2 amide bonds. The standard InChI is InChI=1S/C27H27N5O2S/c1-18-8-7-11-22(14-18)32-24(16-28-26(34)21-9-5-4-6-10-21)30-31-27(32)35-17-25(33)29-23-15-19(2)12-13-20(23)3/h4-15H,16-17H2,1-3H3,(H,28,34)(H,29,33). The molecule has 3 aromatic carbocycles. The molecule has 0 unspecified atom stereocenters. The van der Waals surface area contributed by atoms with Crippen molar-refractivity contribution in [3.8, 4) is 5.69 Å². The van der Waals surface area contributed by atoms with E-state index in [9.17, 15) is 9.59 Å². The van der Waals surface area contributed by atoms with Crippen molar-refractivity contribution >= 4 is 29.3 Å². The molecule has 0 radical (unpaired) electrons. The van der Waals surface area contributed by atoms with Crippen LogP contribution in [0.25, 0.3) is 5.69 Å². The van der Waals surface area contributed by atoms with E-state index >= 15 is 0 Å². The van der Waals surface area contributed by atoms with Gasteiger partial charge in [0.25, 0.3) is 5.91 Å². The van der Waals surface area contributed by atoms with Gasteiger partial charge < -0.3 is 10.6 Å². The van der Waals surface area contributed by atoms with Gasteiger partial charge in [0.1, 0.15) is 0 Å². The maximum absolute atomic E-state index is 12.7. The highest BCUT2D eigenvalue weighted by atomic mass is 32.2. The average molecular weight is 486 g/mol. The van der Waals surface area contributed by atoms with Crippen molar-refractivity contribution in [3.63, 3.8) is 0 Å². The fraction of sp³-hybridized carbons (Fsp3) is 0.185. The van der Waals surface area contributed by atoms with E-state index in [1.165, 1.54) is 11.8 Å².